The molecule has 106 valence electrons. The van der Waals surface area contributed by atoms with Crippen molar-refractivity contribution in [1.82, 2.24) is 5.32 Å². The Labute approximate surface area is 114 Å². The minimum Gasteiger partial charge on any atom is -0.496 e. The van der Waals surface area contributed by atoms with Gasteiger partial charge in [0.2, 0.25) is 0 Å². The van der Waals surface area contributed by atoms with E-state index in [0.29, 0.717) is 6.42 Å². The van der Waals surface area contributed by atoms with Gasteiger partial charge in [-0.2, -0.15) is 0 Å². The van der Waals surface area contributed by atoms with Crippen molar-refractivity contribution in [3.8, 4) is 5.75 Å². The molecule has 0 bridgehead atoms. The summed E-state index contributed by atoms with van der Waals surface area (Å²) in [5.74, 6) is -0.0529. The van der Waals surface area contributed by atoms with Gasteiger partial charge >= 0.3 is 5.97 Å². The maximum atomic E-state index is 11.4. The molecular formula is C15H23NO3. The molecule has 0 aliphatic carbocycles. The molecule has 0 fully saturated rings. The highest BCUT2D eigenvalue weighted by Crippen LogP contribution is 2.27. The number of rotatable bonds is 7. The van der Waals surface area contributed by atoms with Gasteiger partial charge in [0.1, 0.15) is 11.3 Å². The highest BCUT2D eigenvalue weighted by molar-refractivity contribution is 5.78. The number of nitrogens with one attached hydrogen (secondary N) is 1. The zero-order chi connectivity index (χ0) is 14.5. The standard InChI is InChI=1S/C15H23NO3/c1-5-10-15(3,14(17)18)16-11(2)12-8-6-7-9-13(12)19-4/h6-9,11,16H,5,10H2,1-4H3,(H,17,18). The first-order chi connectivity index (χ1) is 8.94. The van der Waals surface area contributed by atoms with Crippen LogP contribution in [0, 0.1) is 0 Å². The first-order valence-corrected chi connectivity index (χ1v) is 6.58. The smallest absolute Gasteiger partial charge is 0.323 e. The topological polar surface area (TPSA) is 58.6 Å². The summed E-state index contributed by atoms with van der Waals surface area (Å²) in [5, 5.41) is 12.6. The molecule has 4 heteroatoms. The van der Waals surface area contributed by atoms with Crippen LogP contribution in [0.5, 0.6) is 5.75 Å². The second-order valence-electron chi connectivity index (χ2n) is 5.00. The van der Waals surface area contributed by atoms with Gasteiger partial charge < -0.3 is 9.84 Å². The molecule has 19 heavy (non-hydrogen) atoms. The van der Waals surface area contributed by atoms with E-state index >= 15 is 0 Å². The van der Waals surface area contributed by atoms with Crippen LogP contribution < -0.4 is 10.1 Å². The summed E-state index contributed by atoms with van der Waals surface area (Å²) in [5.41, 5.74) is 0.0447. The van der Waals surface area contributed by atoms with Gasteiger partial charge in [-0.05, 0) is 26.3 Å². The van der Waals surface area contributed by atoms with Gasteiger partial charge in [-0.25, -0.2) is 0 Å². The molecule has 0 radical (unpaired) electrons. The van der Waals surface area contributed by atoms with Crippen molar-refractivity contribution in [2.45, 2.75) is 45.2 Å². The summed E-state index contributed by atoms with van der Waals surface area (Å²) in [6, 6.07) is 7.56. The van der Waals surface area contributed by atoms with Crippen LogP contribution in [0.4, 0.5) is 0 Å². The maximum Gasteiger partial charge on any atom is 0.323 e. The molecule has 1 aromatic carbocycles. The summed E-state index contributed by atoms with van der Waals surface area (Å²) in [6.45, 7) is 5.66. The average molecular weight is 265 g/mol. The zero-order valence-electron chi connectivity index (χ0n) is 12.1. The van der Waals surface area contributed by atoms with E-state index in [0.717, 1.165) is 17.7 Å². The van der Waals surface area contributed by atoms with E-state index in [9.17, 15) is 9.90 Å². The van der Waals surface area contributed by atoms with Gasteiger partial charge in [0.25, 0.3) is 0 Å². The molecule has 2 unspecified atom stereocenters. The number of benzene rings is 1. The molecule has 0 saturated heterocycles. The Morgan fingerprint density at radius 3 is 2.63 bits per heavy atom. The molecule has 1 aromatic rings. The Morgan fingerprint density at radius 1 is 1.47 bits per heavy atom. The molecule has 0 spiro atoms. The lowest BCUT2D eigenvalue weighted by Crippen LogP contribution is -2.50. The van der Waals surface area contributed by atoms with Gasteiger partial charge in [-0.1, -0.05) is 31.5 Å². The fourth-order valence-electron chi connectivity index (χ4n) is 2.32. The van der Waals surface area contributed by atoms with Gasteiger partial charge in [-0.15, -0.1) is 0 Å². The molecule has 2 atom stereocenters. The summed E-state index contributed by atoms with van der Waals surface area (Å²) < 4.78 is 5.31. The monoisotopic (exact) mass is 265 g/mol. The number of aliphatic carboxylic acids is 1. The van der Waals surface area contributed by atoms with Gasteiger partial charge in [0.05, 0.1) is 7.11 Å². The third-order valence-electron chi connectivity index (χ3n) is 3.36. The van der Waals surface area contributed by atoms with Crippen molar-refractivity contribution in [2.75, 3.05) is 7.11 Å². The quantitative estimate of drug-likeness (QED) is 0.795. The highest BCUT2D eigenvalue weighted by Gasteiger charge is 2.33. The summed E-state index contributed by atoms with van der Waals surface area (Å²) in [4.78, 5) is 11.4. The van der Waals surface area contributed by atoms with Crippen LogP contribution in [0.25, 0.3) is 0 Å². The van der Waals surface area contributed by atoms with Gasteiger partial charge in [0, 0.05) is 11.6 Å². The van der Waals surface area contributed by atoms with Crippen molar-refractivity contribution in [3.05, 3.63) is 29.8 Å². The van der Waals surface area contributed by atoms with E-state index in [1.54, 1.807) is 14.0 Å². The first kappa shape index (κ1) is 15.5. The lowest BCUT2D eigenvalue weighted by Gasteiger charge is -2.30. The number of ether oxygens (including phenoxy) is 1. The SMILES string of the molecule is CCCC(C)(NC(C)c1ccccc1OC)C(=O)O. The number of hydrogen-bond donors (Lipinski definition) is 2. The van der Waals surface area contributed by atoms with Crippen LogP contribution in [-0.4, -0.2) is 23.7 Å². The lowest BCUT2D eigenvalue weighted by atomic mass is 9.93. The molecule has 0 saturated carbocycles. The Kier molecular flexibility index (Phi) is 5.36. The fourth-order valence-corrected chi connectivity index (χ4v) is 2.32. The lowest BCUT2D eigenvalue weighted by molar-refractivity contribution is -0.144. The number of carboxylic acids is 1. The largest absolute Gasteiger partial charge is 0.496 e. The molecular weight excluding hydrogens is 242 g/mol. The number of hydrogen-bond acceptors (Lipinski definition) is 3. The number of para-hydroxylation sites is 1. The van der Waals surface area contributed by atoms with E-state index < -0.39 is 11.5 Å². The van der Waals surface area contributed by atoms with Crippen LogP contribution in [0.15, 0.2) is 24.3 Å². The minimum absolute atomic E-state index is 0.0937. The van der Waals surface area contributed by atoms with Crippen molar-refractivity contribution in [2.24, 2.45) is 0 Å². The predicted octanol–water partition coefficient (Wildman–Crippen LogP) is 2.99. The van der Waals surface area contributed by atoms with Crippen LogP contribution in [-0.2, 0) is 4.79 Å². The van der Waals surface area contributed by atoms with Crippen molar-refractivity contribution >= 4 is 5.97 Å². The molecule has 0 heterocycles. The minimum atomic E-state index is -0.922. The number of carbonyl (C=O) groups is 1. The van der Waals surface area contributed by atoms with Crippen molar-refractivity contribution in [1.29, 1.82) is 0 Å². The fraction of sp³-hybridized carbons (Fsp3) is 0.533. The molecule has 0 aliphatic heterocycles. The Bertz CT molecular complexity index is 433. The number of carboxylic acid groups (broad SMARTS) is 1. The maximum absolute atomic E-state index is 11.4. The van der Waals surface area contributed by atoms with E-state index in [2.05, 4.69) is 5.32 Å². The van der Waals surface area contributed by atoms with E-state index in [4.69, 9.17) is 4.74 Å². The average Bonchev–Trinajstić information content (AvgIpc) is 2.38. The summed E-state index contributed by atoms with van der Waals surface area (Å²) >= 11 is 0. The highest BCUT2D eigenvalue weighted by atomic mass is 16.5. The van der Waals surface area contributed by atoms with E-state index in [1.807, 2.05) is 38.1 Å². The second-order valence-corrected chi connectivity index (χ2v) is 5.00. The van der Waals surface area contributed by atoms with Crippen LogP contribution in [0.1, 0.15) is 45.2 Å². The molecule has 1 rings (SSSR count). The second kappa shape index (κ2) is 6.57. The third-order valence-corrected chi connectivity index (χ3v) is 3.36. The van der Waals surface area contributed by atoms with Crippen molar-refractivity contribution in [3.63, 3.8) is 0 Å². The molecule has 0 amide bonds. The van der Waals surface area contributed by atoms with Crippen LogP contribution in [0.3, 0.4) is 0 Å². The third kappa shape index (κ3) is 3.70. The zero-order valence-corrected chi connectivity index (χ0v) is 12.1. The molecule has 4 nitrogen and oxygen atoms in total. The molecule has 0 aliphatic rings. The normalized spacial score (nSPS) is 15.6. The van der Waals surface area contributed by atoms with E-state index in [-0.39, 0.29) is 6.04 Å². The van der Waals surface area contributed by atoms with Gasteiger partial charge in [-0.3, -0.25) is 10.1 Å². The van der Waals surface area contributed by atoms with Crippen LogP contribution in [0.2, 0.25) is 0 Å². The molecule has 2 N–H and O–H groups in total. The van der Waals surface area contributed by atoms with E-state index in [1.165, 1.54) is 0 Å². The van der Waals surface area contributed by atoms with Crippen LogP contribution >= 0.6 is 0 Å². The number of methoxy groups -OCH3 is 1. The Morgan fingerprint density at radius 2 is 2.11 bits per heavy atom. The Balaban J connectivity index is 2.94. The van der Waals surface area contributed by atoms with Gasteiger partial charge in [0.15, 0.2) is 0 Å². The predicted molar refractivity (Wildman–Crippen MR) is 75.5 cm³/mol. The molecule has 0 aromatic heterocycles. The summed E-state index contributed by atoms with van der Waals surface area (Å²) in [7, 11) is 1.62. The first-order valence-electron chi connectivity index (χ1n) is 6.58. The summed E-state index contributed by atoms with van der Waals surface area (Å²) in [6.07, 6.45) is 1.40. The van der Waals surface area contributed by atoms with Crippen molar-refractivity contribution < 1.29 is 14.6 Å². The Hall–Kier alpha value is -1.55.